The van der Waals surface area contributed by atoms with Crippen LogP contribution in [0.1, 0.15) is 75.6 Å². The van der Waals surface area contributed by atoms with E-state index < -0.39 is 15.1 Å². The van der Waals surface area contributed by atoms with Gasteiger partial charge < -0.3 is 4.90 Å². The summed E-state index contributed by atoms with van der Waals surface area (Å²) < 4.78 is 34.8. The van der Waals surface area contributed by atoms with Crippen LogP contribution in [0.25, 0.3) is 0 Å². The number of halogens is 1. The molecule has 0 aromatic heterocycles. The van der Waals surface area contributed by atoms with E-state index in [1.807, 2.05) is 4.90 Å². The molecule has 4 nitrogen and oxygen atoms in total. The Morgan fingerprint density at radius 3 is 1.76 bits per heavy atom. The monoisotopic (exact) mass is 371 g/mol. The molecule has 1 aromatic rings. The van der Waals surface area contributed by atoms with Crippen molar-refractivity contribution in [3.05, 3.63) is 29.8 Å². The van der Waals surface area contributed by atoms with Crippen LogP contribution in [0.5, 0.6) is 0 Å². The molecule has 0 N–H and O–H groups in total. The van der Waals surface area contributed by atoms with Crippen molar-refractivity contribution in [3.63, 3.8) is 0 Å². The molecule has 142 valence electrons. The van der Waals surface area contributed by atoms with Gasteiger partial charge in [0, 0.05) is 18.7 Å². The maximum absolute atomic E-state index is 13.0. The van der Waals surface area contributed by atoms with Crippen molar-refractivity contribution in [2.75, 3.05) is 13.1 Å². The summed E-state index contributed by atoms with van der Waals surface area (Å²) in [7, 11) is -4.73. The molecule has 0 spiro atoms. The number of rotatable bonds is 12. The van der Waals surface area contributed by atoms with Crippen LogP contribution in [0.4, 0.5) is 3.89 Å². The van der Waals surface area contributed by atoms with E-state index in [4.69, 9.17) is 0 Å². The van der Waals surface area contributed by atoms with E-state index in [2.05, 4.69) is 13.8 Å². The van der Waals surface area contributed by atoms with Crippen molar-refractivity contribution in [2.45, 2.75) is 70.1 Å². The largest absolute Gasteiger partial charge is 0.339 e. The Hall–Kier alpha value is -1.43. The molecule has 1 rings (SSSR count). The maximum atomic E-state index is 13.0. The van der Waals surface area contributed by atoms with Gasteiger partial charge in [-0.05, 0) is 37.1 Å². The molecule has 0 saturated carbocycles. The summed E-state index contributed by atoms with van der Waals surface area (Å²) >= 11 is 0. The predicted molar refractivity (Wildman–Crippen MR) is 98.9 cm³/mol. The fourth-order valence-corrected chi connectivity index (χ4v) is 3.18. The molecule has 25 heavy (non-hydrogen) atoms. The van der Waals surface area contributed by atoms with E-state index >= 15 is 0 Å². The quantitative estimate of drug-likeness (QED) is 0.386. The second-order valence-corrected chi connectivity index (χ2v) is 7.72. The Kier molecular flexibility index (Phi) is 9.71. The topological polar surface area (TPSA) is 54.5 Å². The van der Waals surface area contributed by atoms with Gasteiger partial charge in [-0.3, -0.25) is 4.79 Å². The molecule has 6 heteroatoms. The van der Waals surface area contributed by atoms with Gasteiger partial charge in [-0.15, -0.1) is 3.89 Å². The molecule has 1 amide bonds. The number of carbonyl (C=O) groups excluding carboxylic acids is 1. The highest BCUT2D eigenvalue weighted by Crippen LogP contribution is 2.15. The van der Waals surface area contributed by atoms with Crippen LogP contribution in [-0.4, -0.2) is 32.3 Å². The maximum Gasteiger partial charge on any atom is 0.332 e. The van der Waals surface area contributed by atoms with Crippen molar-refractivity contribution in [1.82, 2.24) is 4.90 Å². The first-order chi connectivity index (χ1) is 11.9. The molecule has 0 radical (unpaired) electrons. The van der Waals surface area contributed by atoms with Crippen LogP contribution in [-0.2, 0) is 10.2 Å². The zero-order valence-electron chi connectivity index (χ0n) is 15.3. The Balaban J connectivity index is 2.74. The highest BCUT2D eigenvalue weighted by atomic mass is 32.3. The van der Waals surface area contributed by atoms with Gasteiger partial charge in [0.25, 0.3) is 5.91 Å². The average molecular weight is 372 g/mol. The van der Waals surface area contributed by atoms with E-state index in [1.54, 1.807) is 0 Å². The minimum Gasteiger partial charge on any atom is -0.339 e. The molecule has 0 atom stereocenters. The number of carbonyl (C=O) groups is 1. The first kappa shape index (κ1) is 21.6. The highest BCUT2D eigenvalue weighted by Gasteiger charge is 2.17. The molecule has 0 aliphatic heterocycles. The van der Waals surface area contributed by atoms with Crippen molar-refractivity contribution in [1.29, 1.82) is 0 Å². The van der Waals surface area contributed by atoms with Crippen molar-refractivity contribution >= 4 is 16.1 Å². The standard InChI is InChI=1S/C19H30FNO3S/c1-3-5-7-9-15-21(16-10-8-6-4-2)19(22)17-11-13-18(14-12-17)25(20,23)24/h11-14H,3-10,15-16H2,1-2H3. The van der Waals surface area contributed by atoms with Gasteiger partial charge in [0.2, 0.25) is 0 Å². The van der Waals surface area contributed by atoms with E-state index in [1.165, 1.54) is 12.1 Å². The third kappa shape index (κ3) is 7.99. The smallest absolute Gasteiger partial charge is 0.332 e. The van der Waals surface area contributed by atoms with Crippen molar-refractivity contribution in [3.8, 4) is 0 Å². The Labute approximate surface area is 151 Å². The lowest BCUT2D eigenvalue weighted by molar-refractivity contribution is 0.0749. The summed E-state index contributed by atoms with van der Waals surface area (Å²) in [5, 5.41) is 0. The molecule has 0 unspecified atom stereocenters. The normalized spacial score (nSPS) is 11.5. The van der Waals surface area contributed by atoms with Crippen LogP contribution in [0, 0.1) is 0 Å². The predicted octanol–water partition coefficient (Wildman–Crippen LogP) is 4.95. The lowest BCUT2D eigenvalue weighted by atomic mass is 10.1. The molecule has 0 bridgehead atoms. The number of hydrogen-bond acceptors (Lipinski definition) is 3. The molecule has 0 saturated heterocycles. The number of nitrogens with zero attached hydrogens (tertiary/aromatic N) is 1. The zero-order valence-corrected chi connectivity index (χ0v) is 16.2. The zero-order chi connectivity index (χ0) is 18.7. The lowest BCUT2D eigenvalue weighted by Crippen LogP contribution is -2.33. The van der Waals surface area contributed by atoms with Gasteiger partial charge in [0.1, 0.15) is 0 Å². The first-order valence-corrected chi connectivity index (χ1v) is 10.6. The lowest BCUT2D eigenvalue weighted by Gasteiger charge is -2.23. The minimum absolute atomic E-state index is 0.115. The number of benzene rings is 1. The Morgan fingerprint density at radius 2 is 1.36 bits per heavy atom. The second-order valence-electron chi connectivity index (χ2n) is 6.38. The summed E-state index contributed by atoms with van der Waals surface area (Å²) in [4.78, 5) is 14.1. The fourth-order valence-electron chi connectivity index (χ4n) is 2.72. The van der Waals surface area contributed by atoms with Crippen LogP contribution >= 0.6 is 0 Å². The van der Waals surface area contributed by atoms with Crippen LogP contribution < -0.4 is 0 Å². The molecular weight excluding hydrogens is 341 g/mol. The van der Waals surface area contributed by atoms with Crippen LogP contribution in [0.15, 0.2) is 29.2 Å². The summed E-state index contributed by atoms with van der Waals surface area (Å²) in [6.07, 6.45) is 8.70. The van der Waals surface area contributed by atoms with Gasteiger partial charge in [-0.2, -0.15) is 8.42 Å². The van der Waals surface area contributed by atoms with Gasteiger partial charge in [-0.25, -0.2) is 0 Å². The Bertz CT molecular complexity index is 602. The van der Waals surface area contributed by atoms with Crippen LogP contribution in [0.2, 0.25) is 0 Å². The summed E-state index contributed by atoms with van der Waals surface area (Å²) in [5.41, 5.74) is 0.401. The first-order valence-electron chi connectivity index (χ1n) is 9.24. The molecule has 0 aliphatic rings. The van der Waals surface area contributed by atoms with E-state index in [0.717, 1.165) is 63.5 Å². The van der Waals surface area contributed by atoms with Crippen LogP contribution in [0.3, 0.4) is 0 Å². The van der Waals surface area contributed by atoms with Crippen molar-refractivity contribution in [2.24, 2.45) is 0 Å². The Morgan fingerprint density at radius 1 is 0.880 bits per heavy atom. The van der Waals surface area contributed by atoms with Crippen molar-refractivity contribution < 1.29 is 17.1 Å². The summed E-state index contributed by atoms with van der Waals surface area (Å²) in [6, 6.07) is 5.07. The highest BCUT2D eigenvalue weighted by molar-refractivity contribution is 7.86. The molecular formula is C19H30FNO3S. The van der Waals surface area contributed by atoms with Gasteiger partial charge in [0.05, 0.1) is 4.90 Å². The van der Waals surface area contributed by atoms with E-state index in [0.29, 0.717) is 18.7 Å². The van der Waals surface area contributed by atoms with Gasteiger partial charge in [0.15, 0.2) is 0 Å². The fraction of sp³-hybridized carbons (Fsp3) is 0.632. The van der Waals surface area contributed by atoms with Gasteiger partial charge in [-0.1, -0.05) is 52.4 Å². The van der Waals surface area contributed by atoms with E-state index in [9.17, 15) is 17.1 Å². The number of hydrogen-bond donors (Lipinski definition) is 0. The van der Waals surface area contributed by atoms with E-state index in [-0.39, 0.29) is 5.91 Å². The second kappa shape index (κ2) is 11.2. The molecule has 0 fully saturated rings. The molecule has 0 aliphatic carbocycles. The molecule has 1 aromatic carbocycles. The number of amides is 1. The number of unbranched alkanes of at least 4 members (excludes halogenated alkanes) is 6. The third-order valence-electron chi connectivity index (χ3n) is 4.23. The average Bonchev–Trinajstić information content (AvgIpc) is 2.59. The summed E-state index contributed by atoms with van der Waals surface area (Å²) in [5.74, 6) is -0.115. The minimum atomic E-state index is -4.73. The third-order valence-corrected chi connectivity index (χ3v) is 5.07. The SMILES string of the molecule is CCCCCCN(CCCCCC)C(=O)c1ccc(S(=O)(=O)F)cc1. The van der Waals surface area contributed by atoms with Gasteiger partial charge >= 0.3 is 10.2 Å². The molecule has 0 heterocycles. The summed E-state index contributed by atoms with van der Waals surface area (Å²) in [6.45, 7) is 5.70.